The molecule has 2 rings (SSSR count). The average Bonchev–Trinajstić information content (AvgIpc) is 2.94. The summed E-state index contributed by atoms with van der Waals surface area (Å²) >= 11 is 0. The molecule has 0 aliphatic heterocycles. The molecule has 0 unspecified atom stereocenters. The van der Waals surface area contributed by atoms with E-state index in [4.69, 9.17) is 9.15 Å². The van der Waals surface area contributed by atoms with Gasteiger partial charge in [-0.15, -0.1) is 0 Å². The molecule has 3 amide bonds. The van der Waals surface area contributed by atoms with Gasteiger partial charge in [-0.2, -0.15) is 0 Å². The molecule has 7 heteroatoms. The van der Waals surface area contributed by atoms with Crippen LogP contribution < -0.4 is 10.6 Å². The number of carbonyl (C=O) groups excluding carboxylic acids is 3. The quantitative estimate of drug-likeness (QED) is 0.829. The Bertz CT molecular complexity index is 575. The molecule has 7 nitrogen and oxygen atoms in total. The molecular formula is C16H22N2O5. The number of furan rings is 1. The molecular weight excluding hydrogens is 300 g/mol. The Balaban J connectivity index is 1.79. The summed E-state index contributed by atoms with van der Waals surface area (Å²) in [5.41, 5.74) is 0.260. The van der Waals surface area contributed by atoms with Crippen LogP contribution in [0.25, 0.3) is 0 Å². The van der Waals surface area contributed by atoms with Gasteiger partial charge in [0.15, 0.2) is 6.10 Å². The second-order valence-corrected chi connectivity index (χ2v) is 5.74. The minimum atomic E-state index is -1.08. The lowest BCUT2D eigenvalue weighted by Gasteiger charge is -2.23. The predicted octanol–water partition coefficient (Wildman–Crippen LogP) is 2.29. The molecule has 1 atom stereocenters. The summed E-state index contributed by atoms with van der Waals surface area (Å²) in [5.74, 6) is -0.906. The Labute approximate surface area is 134 Å². The second-order valence-electron chi connectivity index (χ2n) is 5.74. The fourth-order valence-electron chi connectivity index (χ4n) is 2.56. The van der Waals surface area contributed by atoms with Crippen molar-refractivity contribution in [2.24, 2.45) is 0 Å². The van der Waals surface area contributed by atoms with Crippen LogP contribution in [-0.2, 0) is 9.53 Å². The number of hydrogen-bond acceptors (Lipinski definition) is 5. The van der Waals surface area contributed by atoms with Crippen molar-refractivity contribution in [2.45, 2.75) is 58.1 Å². The van der Waals surface area contributed by atoms with Crippen LogP contribution in [0.3, 0.4) is 0 Å². The van der Waals surface area contributed by atoms with Gasteiger partial charge in [0.25, 0.3) is 5.91 Å². The number of hydrogen-bond donors (Lipinski definition) is 2. The van der Waals surface area contributed by atoms with Gasteiger partial charge in [0.2, 0.25) is 0 Å². The molecule has 1 aliphatic rings. The number of carbonyl (C=O) groups is 3. The minimum Gasteiger partial charge on any atom is -0.469 e. The Morgan fingerprint density at radius 2 is 1.96 bits per heavy atom. The van der Waals surface area contributed by atoms with Gasteiger partial charge >= 0.3 is 12.0 Å². The van der Waals surface area contributed by atoms with Crippen molar-refractivity contribution >= 4 is 17.9 Å². The summed E-state index contributed by atoms with van der Waals surface area (Å²) in [6.07, 6.45) is 5.48. The lowest BCUT2D eigenvalue weighted by atomic mass is 9.96. The third-order valence-electron chi connectivity index (χ3n) is 3.91. The van der Waals surface area contributed by atoms with E-state index in [-0.39, 0.29) is 11.6 Å². The normalized spacial score (nSPS) is 16.4. The first-order valence-electron chi connectivity index (χ1n) is 7.84. The summed E-state index contributed by atoms with van der Waals surface area (Å²) < 4.78 is 10.0. The molecule has 1 fully saturated rings. The third-order valence-corrected chi connectivity index (χ3v) is 3.91. The fourth-order valence-corrected chi connectivity index (χ4v) is 2.56. The van der Waals surface area contributed by atoms with Crippen LogP contribution in [0.15, 0.2) is 16.7 Å². The van der Waals surface area contributed by atoms with E-state index in [0.29, 0.717) is 5.76 Å². The van der Waals surface area contributed by atoms with Crippen molar-refractivity contribution < 1.29 is 23.5 Å². The lowest BCUT2D eigenvalue weighted by molar-refractivity contribution is -0.127. The van der Waals surface area contributed by atoms with Crippen LogP contribution >= 0.6 is 0 Å². The van der Waals surface area contributed by atoms with Gasteiger partial charge in [-0.05, 0) is 32.8 Å². The summed E-state index contributed by atoms with van der Waals surface area (Å²) in [5, 5.41) is 4.97. The Morgan fingerprint density at radius 3 is 2.57 bits per heavy atom. The molecule has 0 aromatic carbocycles. The van der Waals surface area contributed by atoms with Gasteiger partial charge in [-0.3, -0.25) is 10.1 Å². The largest absolute Gasteiger partial charge is 0.469 e. The van der Waals surface area contributed by atoms with E-state index < -0.39 is 24.0 Å². The van der Waals surface area contributed by atoms with E-state index in [1.54, 1.807) is 6.92 Å². The zero-order chi connectivity index (χ0) is 16.8. The van der Waals surface area contributed by atoms with Crippen molar-refractivity contribution in [3.05, 3.63) is 23.7 Å². The van der Waals surface area contributed by atoms with E-state index in [9.17, 15) is 14.4 Å². The highest BCUT2D eigenvalue weighted by Crippen LogP contribution is 2.17. The molecule has 1 heterocycles. The van der Waals surface area contributed by atoms with Gasteiger partial charge in [0, 0.05) is 6.04 Å². The number of urea groups is 1. The molecule has 0 spiro atoms. The van der Waals surface area contributed by atoms with Crippen molar-refractivity contribution in [3.8, 4) is 0 Å². The predicted molar refractivity (Wildman–Crippen MR) is 81.9 cm³/mol. The SMILES string of the molecule is Cc1occc1C(=O)O[C@H](C)C(=O)NC(=O)NC1CCCCC1. The van der Waals surface area contributed by atoms with Crippen LogP contribution in [0.1, 0.15) is 55.1 Å². The summed E-state index contributed by atoms with van der Waals surface area (Å²) in [4.78, 5) is 35.6. The zero-order valence-corrected chi connectivity index (χ0v) is 13.4. The highest BCUT2D eigenvalue weighted by molar-refractivity contribution is 5.98. The van der Waals surface area contributed by atoms with Crippen molar-refractivity contribution in [1.82, 2.24) is 10.6 Å². The number of ether oxygens (including phenoxy) is 1. The first-order chi connectivity index (χ1) is 11.0. The summed E-state index contributed by atoms with van der Waals surface area (Å²) in [7, 11) is 0. The Morgan fingerprint density at radius 1 is 1.26 bits per heavy atom. The second kappa shape index (κ2) is 7.80. The van der Waals surface area contributed by atoms with E-state index in [1.807, 2.05) is 0 Å². The molecule has 1 aliphatic carbocycles. The number of esters is 1. The topological polar surface area (TPSA) is 97.6 Å². The van der Waals surface area contributed by atoms with Crippen LogP contribution in [-0.4, -0.2) is 30.1 Å². The average molecular weight is 322 g/mol. The van der Waals surface area contributed by atoms with E-state index in [1.165, 1.54) is 25.7 Å². The maximum absolute atomic E-state index is 11.9. The van der Waals surface area contributed by atoms with Gasteiger partial charge in [0.05, 0.1) is 6.26 Å². The van der Waals surface area contributed by atoms with Crippen LogP contribution in [0.2, 0.25) is 0 Å². The monoisotopic (exact) mass is 322 g/mol. The fraction of sp³-hybridized carbons (Fsp3) is 0.562. The first kappa shape index (κ1) is 17.1. The van der Waals surface area contributed by atoms with Gasteiger partial charge in [-0.25, -0.2) is 9.59 Å². The van der Waals surface area contributed by atoms with Crippen molar-refractivity contribution in [2.75, 3.05) is 0 Å². The Hall–Kier alpha value is -2.31. The van der Waals surface area contributed by atoms with Crippen LogP contribution in [0.5, 0.6) is 0 Å². The third kappa shape index (κ3) is 4.84. The maximum atomic E-state index is 11.9. The van der Waals surface area contributed by atoms with Crippen LogP contribution in [0, 0.1) is 6.92 Å². The molecule has 1 saturated carbocycles. The highest BCUT2D eigenvalue weighted by atomic mass is 16.5. The minimum absolute atomic E-state index is 0.1000. The lowest BCUT2D eigenvalue weighted by Crippen LogP contribution is -2.48. The van der Waals surface area contributed by atoms with Gasteiger partial charge in [-0.1, -0.05) is 19.3 Å². The smallest absolute Gasteiger partial charge is 0.342 e. The zero-order valence-electron chi connectivity index (χ0n) is 13.4. The van der Waals surface area contributed by atoms with E-state index in [2.05, 4.69) is 10.6 Å². The molecule has 23 heavy (non-hydrogen) atoms. The number of amides is 3. The van der Waals surface area contributed by atoms with Crippen molar-refractivity contribution in [3.63, 3.8) is 0 Å². The molecule has 1 aromatic heterocycles. The number of nitrogens with one attached hydrogen (secondary N) is 2. The molecule has 0 bridgehead atoms. The van der Waals surface area contributed by atoms with Crippen molar-refractivity contribution in [1.29, 1.82) is 0 Å². The summed E-state index contributed by atoms with van der Waals surface area (Å²) in [6.45, 7) is 3.04. The van der Waals surface area contributed by atoms with Gasteiger partial charge < -0.3 is 14.5 Å². The molecule has 0 saturated heterocycles. The molecule has 126 valence electrons. The standard InChI is InChI=1S/C16H22N2O5/c1-10-13(8-9-22-10)15(20)23-11(2)14(19)18-16(21)17-12-6-4-3-5-7-12/h8-9,11-12H,3-7H2,1-2H3,(H2,17,18,19,21)/t11-/m1/s1. The van der Waals surface area contributed by atoms with Crippen LogP contribution in [0.4, 0.5) is 4.79 Å². The van der Waals surface area contributed by atoms with E-state index in [0.717, 1.165) is 25.7 Å². The van der Waals surface area contributed by atoms with Gasteiger partial charge in [0.1, 0.15) is 11.3 Å². The number of imide groups is 1. The maximum Gasteiger partial charge on any atom is 0.342 e. The van der Waals surface area contributed by atoms with E-state index >= 15 is 0 Å². The number of rotatable bonds is 4. The Kier molecular flexibility index (Phi) is 5.78. The molecule has 2 N–H and O–H groups in total. The molecule has 1 aromatic rings. The highest BCUT2D eigenvalue weighted by Gasteiger charge is 2.23. The number of aryl methyl sites for hydroxylation is 1. The first-order valence-corrected chi connectivity index (χ1v) is 7.84. The molecule has 0 radical (unpaired) electrons. The summed E-state index contributed by atoms with van der Waals surface area (Å²) in [6, 6.07) is 1.02.